The van der Waals surface area contributed by atoms with Gasteiger partial charge in [-0.05, 0) is 43.7 Å². The number of ketones is 1. The van der Waals surface area contributed by atoms with Crippen LogP contribution in [-0.4, -0.2) is 66.9 Å². The number of carbonyl (C=O) groups excluding carboxylic acids is 2. The van der Waals surface area contributed by atoms with Crippen LogP contribution in [0.4, 0.5) is 10.5 Å². The van der Waals surface area contributed by atoms with E-state index in [0.29, 0.717) is 24.7 Å². The van der Waals surface area contributed by atoms with Crippen molar-refractivity contribution < 1.29 is 9.59 Å². The van der Waals surface area contributed by atoms with Crippen LogP contribution in [0.1, 0.15) is 12.8 Å². The third-order valence-electron chi connectivity index (χ3n) is 4.58. The van der Waals surface area contributed by atoms with E-state index in [9.17, 15) is 9.59 Å². The Morgan fingerprint density at radius 1 is 1.17 bits per heavy atom. The van der Waals surface area contributed by atoms with Crippen molar-refractivity contribution in [1.82, 2.24) is 15.1 Å². The molecule has 1 atom stereocenters. The molecule has 6 nitrogen and oxygen atoms in total. The standard InChI is InChI=1S/C17H23ClN4O2/c18-13-3-5-14(6-4-13)20-17(24)22-10-8-21(9-11-22)12-16(23)15-2-1-7-19-15/h3-6,15,19H,1-2,7-12H2,(H,20,24)/t15-/m1/s1. The summed E-state index contributed by atoms with van der Waals surface area (Å²) in [6.07, 6.45) is 2.03. The highest BCUT2D eigenvalue weighted by Gasteiger charge is 2.26. The molecule has 0 bridgehead atoms. The zero-order valence-corrected chi connectivity index (χ0v) is 14.4. The summed E-state index contributed by atoms with van der Waals surface area (Å²) in [4.78, 5) is 28.4. The van der Waals surface area contributed by atoms with Gasteiger partial charge in [0, 0.05) is 36.9 Å². The Balaban J connectivity index is 1.43. The minimum absolute atomic E-state index is 0.0243. The number of rotatable bonds is 4. The fourth-order valence-corrected chi connectivity index (χ4v) is 3.26. The maximum absolute atomic E-state index is 12.3. The molecule has 7 heteroatoms. The number of nitrogens with one attached hydrogen (secondary N) is 2. The van der Waals surface area contributed by atoms with E-state index in [-0.39, 0.29) is 17.9 Å². The number of benzene rings is 1. The van der Waals surface area contributed by atoms with Crippen molar-refractivity contribution >= 4 is 29.1 Å². The molecule has 0 radical (unpaired) electrons. The second kappa shape index (κ2) is 7.96. The maximum Gasteiger partial charge on any atom is 0.321 e. The van der Waals surface area contributed by atoms with E-state index in [2.05, 4.69) is 15.5 Å². The van der Waals surface area contributed by atoms with Crippen molar-refractivity contribution in [3.8, 4) is 0 Å². The number of hydrogen-bond acceptors (Lipinski definition) is 4. The molecule has 1 aromatic rings. The Labute approximate surface area is 147 Å². The Morgan fingerprint density at radius 2 is 1.88 bits per heavy atom. The number of hydrogen-bond donors (Lipinski definition) is 2. The SMILES string of the molecule is O=C(CN1CCN(C(=O)Nc2ccc(Cl)cc2)CC1)[C@H]1CCCN1. The van der Waals surface area contributed by atoms with Crippen LogP contribution in [0, 0.1) is 0 Å². The van der Waals surface area contributed by atoms with E-state index in [0.717, 1.165) is 38.2 Å². The van der Waals surface area contributed by atoms with Gasteiger partial charge in [0.25, 0.3) is 0 Å². The molecule has 1 aromatic carbocycles. The van der Waals surface area contributed by atoms with E-state index in [4.69, 9.17) is 11.6 Å². The summed E-state index contributed by atoms with van der Waals surface area (Å²) < 4.78 is 0. The minimum Gasteiger partial charge on any atom is -0.322 e. The predicted octanol–water partition coefficient (Wildman–Crippen LogP) is 1.81. The van der Waals surface area contributed by atoms with Gasteiger partial charge in [-0.15, -0.1) is 0 Å². The largest absolute Gasteiger partial charge is 0.322 e. The van der Waals surface area contributed by atoms with E-state index >= 15 is 0 Å². The summed E-state index contributed by atoms with van der Waals surface area (Å²) in [7, 11) is 0. The van der Waals surface area contributed by atoms with Crippen LogP contribution in [-0.2, 0) is 4.79 Å². The molecule has 0 aromatic heterocycles. The monoisotopic (exact) mass is 350 g/mol. The first-order chi connectivity index (χ1) is 11.6. The van der Waals surface area contributed by atoms with Crippen molar-refractivity contribution in [3.63, 3.8) is 0 Å². The second-order valence-corrected chi connectivity index (χ2v) is 6.75. The molecule has 2 amide bonds. The summed E-state index contributed by atoms with van der Waals surface area (Å²) in [6, 6.07) is 6.97. The summed E-state index contributed by atoms with van der Waals surface area (Å²) in [5, 5.41) is 6.76. The fourth-order valence-electron chi connectivity index (χ4n) is 3.13. The number of nitrogens with zero attached hydrogens (tertiary/aromatic N) is 2. The Kier molecular flexibility index (Phi) is 5.71. The molecule has 2 saturated heterocycles. The third kappa shape index (κ3) is 4.47. The Bertz CT molecular complexity index is 579. The molecule has 24 heavy (non-hydrogen) atoms. The zero-order valence-electron chi connectivity index (χ0n) is 13.6. The average Bonchev–Trinajstić information content (AvgIpc) is 3.12. The Morgan fingerprint density at radius 3 is 2.50 bits per heavy atom. The predicted molar refractivity (Wildman–Crippen MR) is 94.5 cm³/mol. The smallest absolute Gasteiger partial charge is 0.321 e. The molecule has 0 unspecified atom stereocenters. The molecule has 2 heterocycles. The fraction of sp³-hybridized carbons (Fsp3) is 0.529. The molecule has 2 fully saturated rings. The topological polar surface area (TPSA) is 64.7 Å². The number of piperazine rings is 1. The van der Waals surface area contributed by atoms with Gasteiger partial charge >= 0.3 is 6.03 Å². The number of Topliss-reactive ketones (excluding diaryl/α,β-unsaturated/α-hetero) is 1. The van der Waals surface area contributed by atoms with Crippen molar-refractivity contribution in [2.24, 2.45) is 0 Å². The van der Waals surface area contributed by atoms with Crippen LogP contribution in [0.5, 0.6) is 0 Å². The highest BCUT2D eigenvalue weighted by atomic mass is 35.5. The molecule has 2 aliphatic rings. The lowest BCUT2D eigenvalue weighted by Gasteiger charge is -2.34. The van der Waals surface area contributed by atoms with Crippen LogP contribution < -0.4 is 10.6 Å². The molecule has 2 N–H and O–H groups in total. The molecular weight excluding hydrogens is 328 g/mol. The van der Waals surface area contributed by atoms with Crippen molar-refractivity contribution in [1.29, 1.82) is 0 Å². The third-order valence-corrected chi connectivity index (χ3v) is 4.84. The lowest BCUT2D eigenvalue weighted by Crippen LogP contribution is -2.52. The van der Waals surface area contributed by atoms with Gasteiger partial charge in [-0.3, -0.25) is 9.69 Å². The van der Waals surface area contributed by atoms with Gasteiger partial charge in [-0.25, -0.2) is 4.79 Å². The van der Waals surface area contributed by atoms with Gasteiger partial charge in [0.05, 0.1) is 12.6 Å². The summed E-state index contributed by atoms with van der Waals surface area (Å²) >= 11 is 5.84. The minimum atomic E-state index is -0.110. The normalized spacial score (nSPS) is 21.7. The number of halogens is 1. The van der Waals surface area contributed by atoms with Crippen molar-refractivity contribution in [2.45, 2.75) is 18.9 Å². The van der Waals surface area contributed by atoms with E-state index < -0.39 is 0 Å². The summed E-state index contributed by atoms with van der Waals surface area (Å²) in [6.45, 7) is 4.13. The molecule has 0 saturated carbocycles. The second-order valence-electron chi connectivity index (χ2n) is 6.32. The number of amides is 2. The number of carbonyl (C=O) groups is 2. The van der Waals surface area contributed by atoms with Crippen LogP contribution in [0.15, 0.2) is 24.3 Å². The molecule has 0 aliphatic carbocycles. The first-order valence-corrected chi connectivity index (χ1v) is 8.79. The average molecular weight is 351 g/mol. The summed E-state index contributed by atoms with van der Waals surface area (Å²) in [5.74, 6) is 0.270. The highest BCUT2D eigenvalue weighted by Crippen LogP contribution is 2.14. The van der Waals surface area contributed by atoms with Gasteiger partial charge < -0.3 is 15.5 Å². The zero-order chi connectivity index (χ0) is 16.9. The van der Waals surface area contributed by atoms with Crippen LogP contribution in [0.25, 0.3) is 0 Å². The van der Waals surface area contributed by atoms with Gasteiger partial charge in [-0.1, -0.05) is 11.6 Å². The van der Waals surface area contributed by atoms with Gasteiger partial charge in [-0.2, -0.15) is 0 Å². The molecule has 3 rings (SSSR count). The first-order valence-electron chi connectivity index (χ1n) is 8.42. The van der Waals surface area contributed by atoms with Gasteiger partial charge in [0.2, 0.25) is 0 Å². The maximum atomic E-state index is 12.3. The highest BCUT2D eigenvalue weighted by molar-refractivity contribution is 6.30. The first kappa shape index (κ1) is 17.2. The summed E-state index contributed by atoms with van der Waals surface area (Å²) in [5.41, 5.74) is 0.731. The van der Waals surface area contributed by atoms with E-state index in [1.165, 1.54) is 0 Å². The molecule has 0 spiro atoms. The quantitative estimate of drug-likeness (QED) is 0.869. The van der Waals surface area contributed by atoms with Crippen molar-refractivity contribution in [3.05, 3.63) is 29.3 Å². The van der Waals surface area contributed by atoms with Crippen LogP contribution in [0.2, 0.25) is 5.02 Å². The van der Waals surface area contributed by atoms with Crippen LogP contribution >= 0.6 is 11.6 Å². The lowest BCUT2D eigenvalue weighted by molar-refractivity contribution is -0.122. The van der Waals surface area contributed by atoms with Gasteiger partial charge in [0.15, 0.2) is 5.78 Å². The van der Waals surface area contributed by atoms with Crippen molar-refractivity contribution in [2.75, 3.05) is 44.6 Å². The lowest BCUT2D eigenvalue weighted by atomic mass is 10.1. The molecular formula is C17H23ClN4O2. The van der Waals surface area contributed by atoms with E-state index in [1.807, 2.05) is 0 Å². The van der Waals surface area contributed by atoms with E-state index in [1.54, 1.807) is 29.2 Å². The van der Waals surface area contributed by atoms with Crippen LogP contribution in [0.3, 0.4) is 0 Å². The molecule has 2 aliphatic heterocycles. The molecule has 130 valence electrons. The number of urea groups is 1. The Hall–Kier alpha value is -1.63. The van der Waals surface area contributed by atoms with Gasteiger partial charge in [0.1, 0.15) is 0 Å². The number of anilines is 1.